The van der Waals surface area contributed by atoms with Gasteiger partial charge in [0.25, 0.3) is 5.91 Å². The van der Waals surface area contributed by atoms with E-state index in [0.717, 1.165) is 36.2 Å². The molecule has 0 saturated carbocycles. The van der Waals surface area contributed by atoms with Crippen molar-refractivity contribution in [1.29, 1.82) is 0 Å². The Bertz CT molecular complexity index is 906. The summed E-state index contributed by atoms with van der Waals surface area (Å²) in [4.78, 5) is 19.2. The third-order valence-corrected chi connectivity index (χ3v) is 5.20. The van der Waals surface area contributed by atoms with Crippen LogP contribution in [-0.2, 0) is 0 Å². The van der Waals surface area contributed by atoms with Crippen LogP contribution < -0.4 is 0 Å². The Hall–Kier alpha value is -2.94. The zero-order chi connectivity index (χ0) is 17.9. The Labute approximate surface area is 154 Å². The fraction of sp³-hybridized carbons (Fsp3) is 0.217. The number of pyridine rings is 1. The van der Waals surface area contributed by atoms with Crippen molar-refractivity contribution in [2.45, 2.75) is 19.3 Å². The molecule has 1 aliphatic heterocycles. The highest BCUT2D eigenvalue weighted by Gasteiger charge is 2.28. The molecule has 1 atom stereocenters. The maximum absolute atomic E-state index is 13.0. The van der Waals surface area contributed by atoms with Crippen LogP contribution in [0.25, 0.3) is 11.1 Å². The van der Waals surface area contributed by atoms with E-state index >= 15 is 0 Å². The molecular weight excluding hydrogens is 320 g/mol. The van der Waals surface area contributed by atoms with E-state index in [9.17, 15) is 4.79 Å². The van der Waals surface area contributed by atoms with Gasteiger partial charge in [0, 0.05) is 37.0 Å². The fourth-order valence-electron chi connectivity index (χ4n) is 3.70. The number of rotatable bonds is 3. The zero-order valence-corrected chi connectivity index (χ0v) is 14.9. The van der Waals surface area contributed by atoms with Crippen LogP contribution in [0.2, 0.25) is 0 Å². The average molecular weight is 342 g/mol. The van der Waals surface area contributed by atoms with E-state index in [1.807, 2.05) is 53.6 Å². The highest BCUT2D eigenvalue weighted by atomic mass is 16.2. The molecule has 3 nitrogen and oxygen atoms in total. The van der Waals surface area contributed by atoms with Gasteiger partial charge >= 0.3 is 0 Å². The third kappa shape index (κ3) is 3.25. The van der Waals surface area contributed by atoms with Crippen molar-refractivity contribution in [3.05, 3.63) is 89.7 Å². The molecule has 1 fully saturated rings. The molecule has 26 heavy (non-hydrogen) atoms. The molecule has 4 rings (SSSR count). The van der Waals surface area contributed by atoms with Gasteiger partial charge in [0.05, 0.1) is 0 Å². The molecule has 130 valence electrons. The highest BCUT2D eigenvalue weighted by molar-refractivity contribution is 5.96. The predicted molar refractivity (Wildman–Crippen MR) is 104 cm³/mol. The van der Waals surface area contributed by atoms with Gasteiger partial charge in [-0.1, -0.05) is 42.5 Å². The van der Waals surface area contributed by atoms with Crippen molar-refractivity contribution >= 4 is 5.91 Å². The molecule has 1 saturated heterocycles. The van der Waals surface area contributed by atoms with Crippen LogP contribution in [0.1, 0.15) is 33.8 Å². The minimum absolute atomic E-state index is 0.119. The standard InChI is InChI=1S/C23H22N2O/c1-17-9-10-19(14-22(17)18-6-3-2-4-7-18)23(26)25-13-11-21(16-25)20-8-5-12-24-15-20/h2-10,12,14-15,21H,11,13,16H2,1H3. The monoisotopic (exact) mass is 342 g/mol. The molecule has 3 aromatic rings. The summed E-state index contributed by atoms with van der Waals surface area (Å²) in [7, 11) is 0. The maximum Gasteiger partial charge on any atom is 0.253 e. The van der Waals surface area contributed by atoms with Gasteiger partial charge < -0.3 is 4.90 Å². The second-order valence-corrected chi connectivity index (χ2v) is 6.92. The molecule has 1 aromatic heterocycles. The number of benzene rings is 2. The highest BCUT2D eigenvalue weighted by Crippen LogP contribution is 2.29. The number of likely N-dealkylation sites (tertiary alicyclic amines) is 1. The van der Waals surface area contributed by atoms with Gasteiger partial charge in [-0.05, 0) is 53.8 Å². The van der Waals surface area contributed by atoms with Gasteiger partial charge in [0.15, 0.2) is 0 Å². The first kappa shape index (κ1) is 16.5. The van der Waals surface area contributed by atoms with Gasteiger partial charge in [0.1, 0.15) is 0 Å². The molecule has 0 N–H and O–H groups in total. The van der Waals surface area contributed by atoms with E-state index in [-0.39, 0.29) is 5.91 Å². The molecule has 3 heteroatoms. The Morgan fingerprint density at radius 3 is 2.69 bits per heavy atom. The second-order valence-electron chi connectivity index (χ2n) is 6.92. The molecule has 1 amide bonds. The van der Waals surface area contributed by atoms with E-state index in [4.69, 9.17) is 0 Å². The summed E-state index contributed by atoms with van der Waals surface area (Å²) in [6.45, 7) is 3.65. The SMILES string of the molecule is Cc1ccc(C(=O)N2CCC(c3cccnc3)C2)cc1-c1ccccc1. The molecule has 2 heterocycles. The maximum atomic E-state index is 13.0. The number of carbonyl (C=O) groups is 1. The van der Waals surface area contributed by atoms with Gasteiger partial charge in [-0.25, -0.2) is 0 Å². The summed E-state index contributed by atoms with van der Waals surface area (Å²) in [6.07, 6.45) is 4.70. The first-order chi connectivity index (χ1) is 12.7. The second kappa shape index (κ2) is 7.12. The van der Waals surface area contributed by atoms with Crippen molar-refractivity contribution in [2.75, 3.05) is 13.1 Å². The first-order valence-corrected chi connectivity index (χ1v) is 9.07. The zero-order valence-electron chi connectivity index (χ0n) is 14.9. The summed E-state index contributed by atoms with van der Waals surface area (Å²) >= 11 is 0. The molecular formula is C23H22N2O. The quantitative estimate of drug-likeness (QED) is 0.692. The molecule has 0 radical (unpaired) electrons. The first-order valence-electron chi connectivity index (χ1n) is 9.07. The van der Waals surface area contributed by atoms with Gasteiger partial charge in [0.2, 0.25) is 0 Å². The van der Waals surface area contributed by atoms with Gasteiger partial charge in [-0.3, -0.25) is 9.78 Å². The fourth-order valence-corrected chi connectivity index (χ4v) is 3.70. The van der Waals surface area contributed by atoms with Crippen LogP contribution in [0.15, 0.2) is 73.1 Å². The molecule has 1 unspecified atom stereocenters. The van der Waals surface area contributed by atoms with Crippen LogP contribution in [0.3, 0.4) is 0 Å². The van der Waals surface area contributed by atoms with Gasteiger partial charge in [-0.2, -0.15) is 0 Å². The number of hydrogen-bond acceptors (Lipinski definition) is 2. The Morgan fingerprint density at radius 2 is 1.92 bits per heavy atom. The van der Waals surface area contributed by atoms with Gasteiger partial charge in [-0.15, -0.1) is 0 Å². The van der Waals surface area contributed by atoms with Crippen LogP contribution in [0.4, 0.5) is 0 Å². The smallest absolute Gasteiger partial charge is 0.253 e. The van der Waals surface area contributed by atoms with E-state index in [1.54, 1.807) is 6.20 Å². The number of aromatic nitrogens is 1. The summed E-state index contributed by atoms with van der Waals surface area (Å²) in [5, 5.41) is 0. The third-order valence-electron chi connectivity index (χ3n) is 5.20. The van der Waals surface area contributed by atoms with E-state index in [1.165, 1.54) is 11.1 Å². The Balaban J connectivity index is 1.56. The van der Waals surface area contributed by atoms with Crippen LogP contribution >= 0.6 is 0 Å². The number of amides is 1. The normalized spacial score (nSPS) is 16.7. The average Bonchev–Trinajstić information content (AvgIpc) is 3.19. The number of aryl methyl sites for hydroxylation is 1. The Kier molecular flexibility index (Phi) is 4.53. The van der Waals surface area contributed by atoms with Crippen molar-refractivity contribution in [3.8, 4) is 11.1 Å². The van der Waals surface area contributed by atoms with E-state index in [2.05, 4.69) is 30.1 Å². The topological polar surface area (TPSA) is 33.2 Å². The van der Waals surface area contributed by atoms with Crippen molar-refractivity contribution < 1.29 is 4.79 Å². The summed E-state index contributed by atoms with van der Waals surface area (Å²) in [5.74, 6) is 0.500. The lowest BCUT2D eigenvalue weighted by Gasteiger charge is -2.18. The Morgan fingerprint density at radius 1 is 1.08 bits per heavy atom. The van der Waals surface area contributed by atoms with Crippen molar-refractivity contribution in [2.24, 2.45) is 0 Å². The lowest BCUT2D eigenvalue weighted by Crippen LogP contribution is -2.28. The lowest BCUT2D eigenvalue weighted by molar-refractivity contribution is 0.0791. The molecule has 2 aromatic carbocycles. The van der Waals surface area contributed by atoms with Crippen LogP contribution in [-0.4, -0.2) is 28.9 Å². The molecule has 1 aliphatic rings. The summed E-state index contributed by atoms with van der Waals surface area (Å²) in [6, 6.07) is 20.3. The molecule has 0 spiro atoms. The van der Waals surface area contributed by atoms with E-state index in [0.29, 0.717) is 5.92 Å². The molecule has 0 aliphatic carbocycles. The minimum Gasteiger partial charge on any atom is -0.338 e. The molecule has 0 bridgehead atoms. The summed E-state index contributed by atoms with van der Waals surface area (Å²) < 4.78 is 0. The van der Waals surface area contributed by atoms with Crippen molar-refractivity contribution in [1.82, 2.24) is 9.88 Å². The van der Waals surface area contributed by atoms with E-state index < -0.39 is 0 Å². The minimum atomic E-state index is 0.119. The predicted octanol–water partition coefficient (Wildman–Crippen LogP) is 4.69. The van der Waals surface area contributed by atoms with Crippen molar-refractivity contribution in [3.63, 3.8) is 0 Å². The van der Waals surface area contributed by atoms with Crippen LogP contribution in [0.5, 0.6) is 0 Å². The van der Waals surface area contributed by atoms with Crippen LogP contribution in [0, 0.1) is 6.92 Å². The summed E-state index contributed by atoms with van der Waals surface area (Å²) in [5.41, 5.74) is 5.44. The lowest BCUT2D eigenvalue weighted by atomic mass is 9.97. The largest absolute Gasteiger partial charge is 0.338 e. The number of hydrogen-bond donors (Lipinski definition) is 0. The number of carbonyl (C=O) groups excluding carboxylic acids is 1. The number of nitrogens with zero attached hydrogens (tertiary/aromatic N) is 2.